The van der Waals surface area contributed by atoms with Crippen LogP contribution in [0.2, 0.25) is 10.0 Å². The molecule has 0 saturated carbocycles. The summed E-state index contributed by atoms with van der Waals surface area (Å²) in [5, 5.41) is 3.96. The maximum absolute atomic E-state index is 12.8. The normalized spacial score (nSPS) is 11.7. The van der Waals surface area contributed by atoms with Gasteiger partial charge in [0.2, 0.25) is 0 Å². The Morgan fingerprint density at radius 2 is 1.52 bits per heavy atom. The number of rotatable bonds is 4. The third-order valence-electron chi connectivity index (χ3n) is 2.89. The first-order valence-corrected chi connectivity index (χ1v) is 6.92. The van der Waals surface area contributed by atoms with E-state index in [2.05, 4.69) is 5.32 Å². The second-order valence-electron chi connectivity index (χ2n) is 4.54. The van der Waals surface area contributed by atoms with Gasteiger partial charge in [0.25, 0.3) is 0 Å². The molecule has 0 atom stereocenters. The molecule has 6 heteroatoms. The fraction of sp³-hybridized carbons (Fsp3) is 0.200. The summed E-state index contributed by atoms with van der Waals surface area (Å²) in [5.41, 5.74) is 0.400. The fourth-order valence-corrected chi connectivity index (χ4v) is 2.58. The van der Waals surface area contributed by atoms with Crippen LogP contribution in [-0.2, 0) is 19.3 Å². The van der Waals surface area contributed by atoms with E-state index in [4.69, 9.17) is 23.2 Å². The van der Waals surface area contributed by atoms with E-state index in [-0.39, 0.29) is 12.1 Å². The third kappa shape index (κ3) is 4.63. The van der Waals surface area contributed by atoms with E-state index in [9.17, 15) is 13.2 Å². The second kappa shape index (κ2) is 6.69. The molecule has 2 rings (SSSR count). The maximum atomic E-state index is 12.8. The molecule has 0 bridgehead atoms. The van der Waals surface area contributed by atoms with E-state index in [1.54, 1.807) is 24.3 Å². The lowest BCUT2D eigenvalue weighted by Crippen LogP contribution is -2.17. The summed E-state index contributed by atoms with van der Waals surface area (Å²) in [5.74, 6) is 0. The van der Waals surface area contributed by atoms with Crippen LogP contribution in [-0.4, -0.2) is 0 Å². The molecular formula is C15H12Cl2F3N. The second-order valence-corrected chi connectivity index (χ2v) is 5.41. The molecule has 0 aliphatic heterocycles. The van der Waals surface area contributed by atoms with Gasteiger partial charge < -0.3 is 5.32 Å². The summed E-state index contributed by atoms with van der Waals surface area (Å²) in [7, 11) is 0. The largest absolute Gasteiger partial charge is 0.416 e. The quantitative estimate of drug-likeness (QED) is 0.800. The Hall–Kier alpha value is -1.23. The summed E-state index contributed by atoms with van der Waals surface area (Å²) in [4.78, 5) is 0. The Balaban J connectivity index is 2.04. The lowest BCUT2D eigenvalue weighted by Gasteiger charge is -2.13. The minimum absolute atomic E-state index is 0.111. The van der Waals surface area contributed by atoms with Crippen molar-refractivity contribution in [1.82, 2.24) is 5.32 Å². The van der Waals surface area contributed by atoms with Gasteiger partial charge in [-0.05, 0) is 35.4 Å². The smallest absolute Gasteiger partial charge is 0.309 e. The molecule has 0 spiro atoms. The monoisotopic (exact) mass is 333 g/mol. The van der Waals surface area contributed by atoms with Crippen molar-refractivity contribution in [2.45, 2.75) is 19.3 Å². The first-order chi connectivity index (χ1) is 9.86. The van der Waals surface area contributed by atoms with Crippen LogP contribution >= 0.6 is 23.2 Å². The average Bonchev–Trinajstić information content (AvgIpc) is 2.37. The standard InChI is InChI=1S/C15H12Cl2F3N/c16-12-5-10(6-13(17)7-12)8-21-9-11-3-1-2-4-14(11)15(18,19)20/h1-7,21H,8-9H2. The first-order valence-electron chi connectivity index (χ1n) is 6.17. The highest BCUT2D eigenvalue weighted by atomic mass is 35.5. The Morgan fingerprint density at radius 1 is 0.905 bits per heavy atom. The summed E-state index contributed by atoms with van der Waals surface area (Å²) in [6.07, 6.45) is -4.35. The van der Waals surface area contributed by atoms with Crippen molar-refractivity contribution in [3.8, 4) is 0 Å². The van der Waals surface area contributed by atoms with Gasteiger partial charge in [0.05, 0.1) is 5.56 Å². The highest BCUT2D eigenvalue weighted by molar-refractivity contribution is 6.34. The molecule has 0 fully saturated rings. The Morgan fingerprint density at radius 3 is 2.14 bits per heavy atom. The van der Waals surface area contributed by atoms with Gasteiger partial charge in [-0.2, -0.15) is 13.2 Å². The predicted molar refractivity (Wildman–Crippen MR) is 78.4 cm³/mol. The molecule has 0 unspecified atom stereocenters. The highest BCUT2D eigenvalue weighted by Crippen LogP contribution is 2.31. The van der Waals surface area contributed by atoms with Crippen LogP contribution in [0.4, 0.5) is 13.2 Å². The van der Waals surface area contributed by atoms with Crippen molar-refractivity contribution in [1.29, 1.82) is 0 Å². The van der Waals surface area contributed by atoms with Crippen LogP contribution in [0.3, 0.4) is 0 Å². The van der Waals surface area contributed by atoms with Crippen molar-refractivity contribution in [3.05, 3.63) is 69.2 Å². The molecular weight excluding hydrogens is 322 g/mol. The molecule has 21 heavy (non-hydrogen) atoms. The van der Waals surface area contributed by atoms with E-state index in [0.717, 1.165) is 11.6 Å². The van der Waals surface area contributed by atoms with Gasteiger partial charge in [-0.25, -0.2) is 0 Å². The summed E-state index contributed by atoms with van der Waals surface area (Å²) in [6.45, 7) is 0.492. The van der Waals surface area contributed by atoms with Crippen molar-refractivity contribution in [3.63, 3.8) is 0 Å². The van der Waals surface area contributed by atoms with E-state index in [1.807, 2.05) is 0 Å². The third-order valence-corrected chi connectivity index (χ3v) is 3.33. The highest BCUT2D eigenvalue weighted by Gasteiger charge is 2.32. The van der Waals surface area contributed by atoms with Crippen LogP contribution in [0.15, 0.2) is 42.5 Å². The van der Waals surface area contributed by atoms with Gasteiger partial charge >= 0.3 is 6.18 Å². The molecule has 1 nitrogen and oxygen atoms in total. The molecule has 0 aromatic heterocycles. The van der Waals surface area contributed by atoms with Crippen molar-refractivity contribution < 1.29 is 13.2 Å². The Bertz CT molecular complexity index is 606. The van der Waals surface area contributed by atoms with Gasteiger partial charge in [-0.15, -0.1) is 0 Å². The summed E-state index contributed by atoms with van der Waals surface area (Å²) < 4.78 is 38.5. The van der Waals surface area contributed by atoms with Crippen LogP contribution in [0.1, 0.15) is 16.7 Å². The van der Waals surface area contributed by atoms with Gasteiger partial charge in [0.1, 0.15) is 0 Å². The van der Waals surface area contributed by atoms with Crippen LogP contribution in [0.25, 0.3) is 0 Å². The van der Waals surface area contributed by atoms with Crippen LogP contribution in [0.5, 0.6) is 0 Å². The summed E-state index contributed by atoms with van der Waals surface area (Å²) in [6, 6.07) is 10.5. The molecule has 1 N–H and O–H groups in total. The zero-order valence-corrected chi connectivity index (χ0v) is 12.4. The number of benzene rings is 2. The number of alkyl halides is 3. The minimum atomic E-state index is -4.35. The number of hydrogen-bond donors (Lipinski definition) is 1. The molecule has 0 radical (unpaired) electrons. The van der Waals surface area contributed by atoms with Crippen molar-refractivity contribution >= 4 is 23.2 Å². The van der Waals surface area contributed by atoms with E-state index < -0.39 is 11.7 Å². The van der Waals surface area contributed by atoms with E-state index >= 15 is 0 Å². The molecule has 2 aromatic carbocycles. The Kier molecular flexibility index (Phi) is 5.14. The lowest BCUT2D eigenvalue weighted by molar-refractivity contribution is -0.138. The number of hydrogen-bond acceptors (Lipinski definition) is 1. The molecule has 0 amide bonds. The molecule has 0 aliphatic carbocycles. The van der Waals surface area contributed by atoms with Gasteiger partial charge in [0.15, 0.2) is 0 Å². The number of nitrogens with one attached hydrogen (secondary N) is 1. The van der Waals surface area contributed by atoms with Crippen LogP contribution < -0.4 is 5.32 Å². The van der Waals surface area contributed by atoms with E-state index in [1.165, 1.54) is 12.1 Å². The topological polar surface area (TPSA) is 12.0 Å². The maximum Gasteiger partial charge on any atom is 0.416 e. The Labute approximate surface area is 130 Å². The number of halogens is 5. The molecule has 2 aromatic rings. The van der Waals surface area contributed by atoms with Crippen molar-refractivity contribution in [2.24, 2.45) is 0 Å². The van der Waals surface area contributed by atoms with Crippen molar-refractivity contribution in [2.75, 3.05) is 0 Å². The molecule has 0 aliphatic rings. The first kappa shape index (κ1) is 16.1. The van der Waals surface area contributed by atoms with Gasteiger partial charge in [0, 0.05) is 23.1 Å². The van der Waals surface area contributed by atoms with Gasteiger partial charge in [-0.1, -0.05) is 41.4 Å². The summed E-state index contributed by atoms with van der Waals surface area (Å²) >= 11 is 11.7. The molecule has 112 valence electrons. The zero-order valence-electron chi connectivity index (χ0n) is 10.8. The fourth-order valence-electron chi connectivity index (χ4n) is 2.01. The predicted octanol–water partition coefficient (Wildman–Crippen LogP) is 5.30. The zero-order chi connectivity index (χ0) is 15.5. The SMILES string of the molecule is FC(F)(F)c1ccccc1CNCc1cc(Cl)cc(Cl)c1. The molecule has 0 saturated heterocycles. The average molecular weight is 334 g/mol. The van der Waals surface area contributed by atoms with Crippen LogP contribution in [0, 0.1) is 0 Å². The molecule has 0 heterocycles. The lowest BCUT2D eigenvalue weighted by atomic mass is 10.1. The minimum Gasteiger partial charge on any atom is -0.309 e. The van der Waals surface area contributed by atoms with E-state index in [0.29, 0.717) is 16.6 Å². The van der Waals surface area contributed by atoms with Gasteiger partial charge in [-0.3, -0.25) is 0 Å².